The number of pyridine rings is 1. The molecule has 7 rings (SSSR count). The molecule has 0 saturated carbocycles. The third-order valence-electron chi connectivity index (χ3n) is 7.12. The summed E-state index contributed by atoms with van der Waals surface area (Å²) < 4.78 is 15.6. The van der Waals surface area contributed by atoms with E-state index in [0.717, 1.165) is 43.2 Å². The number of allylic oxidation sites excluding steroid dienone is 2. The fraction of sp³-hybridized carbons (Fsp3) is 0.0526. The molecule has 0 saturated heterocycles. The fourth-order valence-electron chi connectivity index (χ4n) is 5.29. The van der Waals surface area contributed by atoms with E-state index in [1.807, 2.05) is 42.6 Å². The number of carbonyl (C=O) groups excluding carboxylic acids is 1. The van der Waals surface area contributed by atoms with Crippen LogP contribution in [0, 0.1) is 11.9 Å². The summed E-state index contributed by atoms with van der Waals surface area (Å²) in [7, 11) is 0. The molecule has 0 aliphatic rings. The Morgan fingerprint density at radius 2 is 1.43 bits per heavy atom. The Balaban J connectivity index is 0.000000433. The van der Waals surface area contributed by atoms with E-state index < -0.39 is 0 Å². The number of hydrogen-bond donors (Lipinski definition) is 1. The molecule has 6 heteroatoms. The number of fused-ring (bicyclic) bond motifs is 4. The van der Waals surface area contributed by atoms with Gasteiger partial charge >= 0.3 is 0 Å². The number of aliphatic hydroxyl groups excluding tert-OH is 1. The summed E-state index contributed by atoms with van der Waals surface area (Å²) >= 11 is 1.75. The largest absolute Gasteiger partial charge is 0.512 e. The maximum absolute atomic E-state index is 14.5. The summed E-state index contributed by atoms with van der Waals surface area (Å²) in [6, 6.07) is 40.1. The molecule has 2 heterocycles. The van der Waals surface area contributed by atoms with Crippen molar-refractivity contribution in [1.29, 1.82) is 0 Å². The minimum Gasteiger partial charge on any atom is -0.512 e. The normalized spacial score (nSPS) is 11.2. The van der Waals surface area contributed by atoms with Gasteiger partial charge in [-0.3, -0.25) is 4.79 Å². The Morgan fingerprint density at radius 3 is 2.09 bits per heavy atom. The number of benzene rings is 5. The molecule has 0 bridgehead atoms. The van der Waals surface area contributed by atoms with Crippen LogP contribution >= 0.6 is 11.3 Å². The number of hydrogen-bond acceptors (Lipinski definition) is 4. The molecule has 0 aliphatic heterocycles. The van der Waals surface area contributed by atoms with Gasteiger partial charge in [-0.1, -0.05) is 102 Å². The maximum atomic E-state index is 14.5. The smallest absolute Gasteiger partial charge is 0.155 e. The minimum absolute atomic E-state index is 0. The summed E-state index contributed by atoms with van der Waals surface area (Å²) in [6.45, 7) is 2.85. The summed E-state index contributed by atoms with van der Waals surface area (Å²) in [5.74, 6) is -0.272. The summed E-state index contributed by atoms with van der Waals surface area (Å²) in [6.07, 6.45) is 2.98. The van der Waals surface area contributed by atoms with Gasteiger partial charge in [-0.15, -0.1) is 17.7 Å². The maximum Gasteiger partial charge on any atom is 0.155 e. The molecule has 7 aromatic rings. The Bertz CT molecular complexity index is 2140. The van der Waals surface area contributed by atoms with Gasteiger partial charge in [0.15, 0.2) is 5.78 Å². The number of halogens is 1. The van der Waals surface area contributed by atoms with Crippen LogP contribution in [0.5, 0.6) is 0 Å². The van der Waals surface area contributed by atoms with Gasteiger partial charge in [-0.05, 0) is 63.7 Å². The van der Waals surface area contributed by atoms with Crippen molar-refractivity contribution in [2.45, 2.75) is 13.8 Å². The van der Waals surface area contributed by atoms with Crippen LogP contribution in [0.4, 0.5) is 4.39 Å². The van der Waals surface area contributed by atoms with Gasteiger partial charge in [0.1, 0.15) is 5.82 Å². The molecule has 3 nitrogen and oxygen atoms in total. The van der Waals surface area contributed by atoms with Gasteiger partial charge in [-0.25, -0.2) is 4.39 Å². The topological polar surface area (TPSA) is 50.2 Å². The number of nitrogens with zero attached hydrogens (tertiary/aromatic N) is 1. The minimum atomic E-state index is -0.209. The number of rotatable bonds is 4. The van der Waals surface area contributed by atoms with Crippen LogP contribution < -0.4 is 0 Å². The Labute approximate surface area is 272 Å². The quantitative estimate of drug-likeness (QED) is 0.0839. The van der Waals surface area contributed by atoms with Crippen LogP contribution in [0.15, 0.2) is 127 Å². The molecule has 0 unspecified atom stereocenters. The van der Waals surface area contributed by atoms with E-state index in [1.54, 1.807) is 17.4 Å². The molecule has 0 fully saturated rings. The third kappa shape index (κ3) is 6.39. The van der Waals surface area contributed by atoms with Gasteiger partial charge in [-0.2, -0.15) is 11.3 Å². The van der Waals surface area contributed by atoms with Gasteiger partial charge in [0.05, 0.1) is 5.76 Å². The van der Waals surface area contributed by atoms with Crippen LogP contribution in [0.25, 0.3) is 64.5 Å². The third-order valence-corrected chi connectivity index (χ3v) is 8.22. The number of aromatic nitrogens is 1. The predicted octanol–water partition coefficient (Wildman–Crippen LogP) is 10.6. The van der Waals surface area contributed by atoms with E-state index >= 15 is 0 Å². The van der Waals surface area contributed by atoms with E-state index in [9.17, 15) is 9.18 Å². The molecule has 1 radical (unpaired) electrons. The van der Waals surface area contributed by atoms with Gasteiger partial charge < -0.3 is 10.1 Å². The van der Waals surface area contributed by atoms with Gasteiger partial charge in [0, 0.05) is 42.6 Å². The standard InChI is InChI=1S/C33H19FNS.C5H8O2.Ir/c34-30-13-7-12-24-25-16-17-35-33(27(25)15-14-26(24)30)23-18-28(21-8-3-1-4-9-21)29-20-31(36-32(29)19-23)22-10-5-2-6-11-22;1-4(6)3-5(2)7;/h1-18,20H;3,6H,1-2H3;/q-1;;/b;4-3-;. The summed E-state index contributed by atoms with van der Waals surface area (Å²) in [5, 5.41) is 13.0. The van der Waals surface area contributed by atoms with E-state index in [1.165, 1.54) is 41.8 Å². The van der Waals surface area contributed by atoms with E-state index in [0.29, 0.717) is 5.39 Å². The molecule has 2 aromatic heterocycles. The van der Waals surface area contributed by atoms with E-state index in [2.05, 4.69) is 66.7 Å². The summed E-state index contributed by atoms with van der Waals surface area (Å²) in [4.78, 5) is 16.0. The average Bonchev–Trinajstić information content (AvgIpc) is 3.45. The van der Waals surface area contributed by atoms with Crippen molar-refractivity contribution in [3.63, 3.8) is 0 Å². The second-order valence-electron chi connectivity index (χ2n) is 10.2. The number of thiophene rings is 1. The van der Waals surface area contributed by atoms with E-state index in [-0.39, 0.29) is 37.5 Å². The molecule has 0 spiro atoms. The molecule has 0 aliphatic carbocycles. The first-order valence-electron chi connectivity index (χ1n) is 13.8. The molecule has 1 N–H and O–H groups in total. The first-order valence-corrected chi connectivity index (χ1v) is 14.7. The molecule has 0 atom stereocenters. The first kappa shape index (κ1) is 31.0. The monoisotopic (exact) mass is 773 g/mol. The van der Waals surface area contributed by atoms with Crippen molar-refractivity contribution in [3.05, 3.63) is 139 Å². The average molecular weight is 773 g/mol. The zero-order valence-electron chi connectivity index (χ0n) is 24.0. The first-order chi connectivity index (χ1) is 20.9. The predicted molar refractivity (Wildman–Crippen MR) is 177 cm³/mol. The van der Waals surface area contributed by atoms with Crippen molar-refractivity contribution >= 4 is 48.8 Å². The van der Waals surface area contributed by atoms with Crippen molar-refractivity contribution in [1.82, 2.24) is 4.98 Å². The van der Waals surface area contributed by atoms with Crippen molar-refractivity contribution in [3.8, 4) is 32.8 Å². The van der Waals surface area contributed by atoms with Gasteiger partial charge in [0.25, 0.3) is 0 Å². The van der Waals surface area contributed by atoms with Gasteiger partial charge in [0.2, 0.25) is 0 Å². The van der Waals surface area contributed by atoms with Crippen LogP contribution in [0.3, 0.4) is 0 Å². The molecule has 219 valence electrons. The Hall–Kier alpha value is -4.48. The summed E-state index contributed by atoms with van der Waals surface area (Å²) in [5.41, 5.74) is 5.30. The molecular weight excluding hydrogens is 746 g/mol. The number of carbonyl (C=O) groups is 1. The molecule has 44 heavy (non-hydrogen) atoms. The fourth-order valence-corrected chi connectivity index (χ4v) is 6.38. The second kappa shape index (κ2) is 13.4. The van der Waals surface area contributed by atoms with Crippen LogP contribution in [-0.2, 0) is 24.9 Å². The van der Waals surface area contributed by atoms with Crippen LogP contribution in [-0.4, -0.2) is 15.9 Å². The molecule has 0 amide bonds. The zero-order valence-corrected chi connectivity index (χ0v) is 27.2. The van der Waals surface area contributed by atoms with Crippen molar-refractivity contribution < 1.29 is 34.4 Å². The molecule has 5 aromatic carbocycles. The molecular formula is C38H27FIrNO2S-. The number of ketones is 1. The Morgan fingerprint density at radius 1 is 0.773 bits per heavy atom. The van der Waals surface area contributed by atoms with E-state index in [4.69, 9.17) is 10.1 Å². The number of aliphatic hydroxyl groups is 1. The van der Waals surface area contributed by atoms with Crippen molar-refractivity contribution in [2.24, 2.45) is 0 Å². The SMILES string of the molecule is CC(=O)/C=C(/C)O.Fc1cccc2c1ccc1c(-c3[c-]c4sc(-c5ccccc5)cc4c(-c4ccccc4)c3)nccc12.[Ir]. The van der Waals surface area contributed by atoms with Crippen LogP contribution in [0.2, 0.25) is 0 Å². The van der Waals surface area contributed by atoms with Crippen LogP contribution in [0.1, 0.15) is 13.8 Å². The zero-order chi connectivity index (χ0) is 29.9. The Kier molecular flexibility index (Phi) is 9.46. The second-order valence-corrected chi connectivity index (χ2v) is 11.3. The van der Waals surface area contributed by atoms with Crippen molar-refractivity contribution in [2.75, 3.05) is 0 Å².